The fourth-order valence-electron chi connectivity index (χ4n) is 2.85. The average molecular weight is 246 g/mol. The fraction of sp³-hybridized carbons (Fsp3) is 0.625. The number of benzene rings is 1. The Labute approximate surface area is 112 Å². The summed E-state index contributed by atoms with van der Waals surface area (Å²) in [6.07, 6.45) is 2.59. The largest absolute Gasteiger partial charge is 0.306 e. The molecule has 100 valence electrons. The second-order valence-electron chi connectivity index (χ2n) is 5.82. The topological polar surface area (TPSA) is 6.48 Å². The Morgan fingerprint density at radius 2 is 1.67 bits per heavy atom. The number of rotatable bonds is 3. The van der Waals surface area contributed by atoms with Crippen LogP contribution in [-0.4, -0.2) is 43.0 Å². The van der Waals surface area contributed by atoms with Crippen LogP contribution in [0.4, 0.5) is 0 Å². The van der Waals surface area contributed by atoms with Crippen LogP contribution in [0.15, 0.2) is 24.3 Å². The fourth-order valence-corrected chi connectivity index (χ4v) is 2.85. The van der Waals surface area contributed by atoms with Crippen LogP contribution in [-0.2, 0) is 0 Å². The highest BCUT2D eigenvalue weighted by molar-refractivity contribution is 5.23. The van der Waals surface area contributed by atoms with Gasteiger partial charge in [0.15, 0.2) is 0 Å². The molecule has 1 atom stereocenters. The van der Waals surface area contributed by atoms with Crippen LogP contribution in [0.5, 0.6) is 0 Å². The maximum absolute atomic E-state index is 2.62. The first kappa shape index (κ1) is 13.6. The van der Waals surface area contributed by atoms with Gasteiger partial charge in [-0.25, -0.2) is 0 Å². The van der Waals surface area contributed by atoms with E-state index in [1.165, 1.54) is 37.1 Å². The van der Waals surface area contributed by atoms with Gasteiger partial charge in [0, 0.05) is 25.2 Å². The van der Waals surface area contributed by atoms with E-state index in [1.54, 1.807) is 0 Å². The molecule has 1 aromatic carbocycles. The van der Waals surface area contributed by atoms with E-state index in [1.807, 2.05) is 0 Å². The molecule has 1 aromatic rings. The first-order chi connectivity index (χ1) is 8.58. The predicted molar refractivity (Wildman–Crippen MR) is 77.9 cm³/mol. The zero-order valence-electron chi connectivity index (χ0n) is 12.2. The average Bonchev–Trinajstić information content (AvgIpc) is 2.39. The molecule has 0 aromatic heterocycles. The smallest absolute Gasteiger partial charge is 0.0319 e. The standard InChI is InChI=1S/C16H26N2/c1-13-5-7-15(8-6-13)14(2)18-11-9-16(10-12-18)17(3)4/h5-8,14,16H,9-12H2,1-4H3. The summed E-state index contributed by atoms with van der Waals surface area (Å²) in [5.74, 6) is 0. The summed E-state index contributed by atoms with van der Waals surface area (Å²) in [5.41, 5.74) is 2.79. The van der Waals surface area contributed by atoms with E-state index in [9.17, 15) is 0 Å². The number of likely N-dealkylation sites (tertiary alicyclic amines) is 1. The number of aryl methyl sites for hydroxylation is 1. The zero-order valence-corrected chi connectivity index (χ0v) is 12.2. The van der Waals surface area contributed by atoms with Crippen molar-refractivity contribution in [1.82, 2.24) is 9.80 Å². The van der Waals surface area contributed by atoms with Gasteiger partial charge in [0.1, 0.15) is 0 Å². The van der Waals surface area contributed by atoms with E-state index in [-0.39, 0.29) is 0 Å². The van der Waals surface area contributed by atoms with Gasteiger partial charge < -0.3 is 4.90 Å². The molecule has 1 heterocycles. The van der Waals surface area contributed by atoms with Crippen molar-refractivity contribution in [3.63, 3.8) is 0 Å². The molecule has 2 heteroatoms. The molecule has 1 aliphatic rings. The molecule has 0 spiro atoms. The number of hydrogen-bond acceptors (Lipinski definition) is 2. The molecule has 0 saturated carbocycles. The Morgan fingerprint density at radius 1 is 1.11 bits per heavy atom. The van der Waals surface area contributed by atoms with Crippen molar-refractivity contribution in [1.29, 1.82) is 0 Å². The van der Waals surface area contributed by atoms with Crippen molar-refractivity contribution in [2.45, 2.75) is 38.8 Å². The van der Waals surface area contributed by atoms with Gasteiger partial charge in [-0.15, -0.1) is 0 Å². The molecule has 1 unspecified atom stereocenters. The second-order valence-corrected chi connectivity index (χ2v) is 5.82. The van der Waals surface area contributed by atoms with Gasteiger partial charge >= 0.3 is 0 Å². The number of hydrogen-bond donors (Lipinski definition) is 0. The minimum Gasteiger partial charge on any atom is -0.306 e. The monoisotopic (exact) mass is 246 g/mol. The molecular formula is C16H26N2. The van der Waals surface area contributed by atoms with Crippen molar-refractivity contribution in [2.24, 2.45) is 0 Å². The van der Waals surface area contributed by atoms with E-state index in [0.717, 1.165) is 6.04 Å². The summed E-state index contributed by atoms with van der Waals surface area (Å²) in [4.78, 5) is 4.98. The van der Waals surface area contributed by atoms with Crippen LogP contribution >= 0.6 is 0 Å². The van der Waals surface area contributed by atoms with Gasteiger partial charge in [-0.3, -0.25) is 4.90 Å². The Bertz CT molecular complexity index is 361. The van der Waals surface area contributed by atoms with Gasteiger partial charge in [0.05, 0.1) is 0 Å². The third-order valence-electron chi connectivity index (χ3n) is 4.34. The maximum Gasteiger partial charge on any atom is 0.0319 e. The van der Waals surface area contributed by atoms with Crippen molar-refractivity contribution in [3.8, 4) is 0 Å². The molecule has 2 rings (SSSR count). The molecular weight excluding hydrogens is 220 g/mol. The predicted octanol–water partition coefficient (Wildman–Crippen LogP) is 3.08. The molecule has 1 fully saturated rings. The minimum absolute atomic E-state index is 0.550. The minimum atomic E-state index is 0.550. The van der Waals surface area contributed by atoms with Crippen LogP contribution < -0.4 is 0 Å². The first-order valence-electron chi connectivity index (χ1n) is 7.05. The highest BCUT2D eigenvalue weighted by Crippen LogP contribution is 2.25. The second kappa shape index (κ2) is 5.85. The molecule has 0 amide bonds. The lowest BCUT2D eigenvalue weighted by atomic mass is 9.99. The summed E-state index contributed by atoms with van der Waals surface area (Å²) in [5, 5.41) is 0. The van der Waals surface area contributed by atoms with Gasteiger partial charge in [0.25, 0.3) is 0 Å². The normalized spacial score (nSPS) is 20.3. The summed E-state index contributed by atoms with van der Waals surface area (Å²) in [6.45, 7) is 6.92. The van der Waals surface area contributed by atoms with Crippen LogP contribution in [0.3, 0.4) is 0 Å². The lowest BCUT2D eigenvalue weighted by Crippen LogP contribution is -2.42. The number of nitrogens with zero attached hydrogens (tertiary/aromatic N) is 2. The third kappa shape index (κ3) is 3.12. The SMILES string of the molecule is Cc1ccc(C(C)N2CCC(N(C)C)CC2)cc1. The summed E-state index contributed by atoms with van der Waals surface area (Å²) in [7, 11) is 4.40. The third-order valence-corrected chi connectivity index (χ3v) is 4.34. The van der Waals surface area contributed by atoms with Crippen LogP contribution in [0, 0.1) is 6.92 Å². The highest BCUT2D eigenvalue weighted by Gasteiger charge is 2.24. The molecule has 0 N–H and O–H groups in total. The van der Waals surface area contributed by atoms with Crippen LogP contribution in [0.25, 0.3) is 0 Å². The summed E-state index contributed by atoms with van der Waals surface area (Å²) < 4.78 is 0. The van der Waals surface area contributed by atoms with Crippen molar-refractivity contribution in [3.05, 3.63) is 35.4 Å². The van der Waals surface area contributed by atoms with Crippen LogP contribution in [0.1, 0.15) is 36.9 Å². The molecule has 18 heavy (non-hydrogen) atoms. The van der Waals surface area contributed by atoms with Gasteiger partial charge in [-0.05, 0) is 46.3 Å². The van der Waals surface area contributed by atoms with Crippen molar-refractivity contribution in [2.75, 3.05) is 27.2 Å². The first-order valence-corrected chi connectivity index (χ1v) is 7.05. The highest BCUT2D eigenvalue weighted by atomic mass is 15.2. The van der Waals surface area contributed by atoms with Gasteiger partial charge in [-0.2, -0.15) is 0 Å². The summed E-state index contributed by atoms with van der Waals surface area (Å²) in [6, 6.07) is 10.3. The Balaban J connectivity index is 1.95. The molecule has 1 aliphatic heterocycles. The maximum atomic E-state index is 2.62. The lowest BCUT2D eigenvalue weighted by Gasteiger charge is -2.38. The van der Waals surface area contributed by atoms with E-state index < -0.39 is 0 Å². The summed E-state index contributed by atoms with van der Waals surface area (Å²) >= 11 is 0. The Morgan fingerprint density at radius 3 is 2.17 bits per heavy atom. The Hall–Kier alpha value is -0.860. The quantitative estimate of drug-likeness (QED) is 0.808. The van der Waals surface area contributed by atoms with E-state index in [0.29, 0.717) is 6.04 Å². The van der Waals surface area contributed by atoms with Crippen molar-refractivity contribution >= 4 is 0 Å². The van der Waals surface area contributed by atoms with Gasteiger partial charge in [-0.1, -0.05) is 29.8 Å². The van der Waals surface area contributed by atoms with E-state index in [4.69, 9.17) is 0 Å². The van der Waals surface area contributed by atoms with E-state index in [2.05, 4.69) is 62.0 Å². The molecule has 2 nitrogen and oxygen atoms in total. The molecule has 0 aliphatic carbocycles. The molecule has 1 saturated heterocycles. The zero-order chi connectivity index (χ0) is 13.1. The molecule has 0 bridgehead atoms. The van der Waals surface area contributed by atoms with Crippen LogP contribution in [0.2, 0.25) is 0 Å². The lowest BCUT2D eigenvalue weighted by molar-refractivity contribution is 0.115. The molecule has 0 radical (unpaired) electrons. The van der Waals surface area contributed by atoms with Crippen molar-refractivity contribution < 1.29 is 0 Å². The number of piperidine rings is 1. The van der Waals surface area contributed by atoms with E-state index >= 15 is 0 Å². The van der Waals surface area contributed by atoms with Gasteiger partial charge in [0.2, 0.25) is 0 Å². The Kier molecular flexibility index (Phi) is 4.41.